The normalized spacial score (nSPS) is 14.2. The highest BCUT2D eigenvalue weighted by atomic mass is 16.6. The number of methoxy groups -OCH3 is 1. The van der Waals surface area contributed by atoms with Gasteiger partial charge < -0.3 is 30.5 Å². The van der Waals surface area contributed by atoms with Gasteiger partial charge >= 0.3 is 12.2 Å². The van der Waals surface area contributed by atoms with Gasteiger partial charge in [0.25, 0.3) is 5.91 Å². The molecule has 2 aromatic carbocycles. The van der Waals surface area contributed by atoms with Crippen molar-refractivity contribution in [2.45, 2.75) is 105 Å². The number of ether oxygens (including phenoxy) is 2. The van der Waals surface area contributed by atoms with Crippen molar-refractivity contribution in [3.05, 3.63) is 90.1 Å². The third-order valence-corrected chi connectivity index (χ3v) is 8.42. The first kappa shape index (κ1) is 43.4. The summed E-state index contributed by atoms with van der Waals surface area (Å²) < 4.78 is 10.2. The van der Waals surface area contributed by atoms with E-state index in [2.05, 4.69) is 26.4 Å². The molecule has 0 aliphatic carbocycles. The van der Waals surface area contributed by atoms with Crippen molar-refractivity contribution in [1.29, 1.82) is 0 Å². The zero-order chi connectivity index (χ0) is 40.3. The van der Waals surface area contributed by atoms with Crippen molar-refractivity contribution < 1.29 is 33.8 Å². The Morgan fingerprint density at radius 1 is 0.722 bits per heavy atom. The highest BCUT2D eigenvalue weighted by Gasteiger charge is 2.38. The van der Waals surface area contributed by atoms with E-state index in [0.29, 0.717) is 0 Å². The summed E-state index contributed by atoms with van der Waals surface area (Å²) in [6, 6.07) is 19.8. The lowest BCUT2D eigenvalue weighted by Crippen LogP contribution is -2.61. The van der Waals surface area contributed by atoms with Crippen molar-refractivity contribution in [2.75, 3.05) is 13.7 Å². The molecule has 4 atom stereocenters. The smallest absolute Gasteiger partial charge is 0.408 e. The predicted octanol–water partition coefficient (Wildman–Crippen LogP) is 5.38. The minimum atomic E-state index is -1.23. The fourth-order valence-corrected chi connectivity index (χ4v) is 5.63. The number of amides is 4. The third kappa shape index (κ3) is 14.1. The van der Waals surface area contributed by atoms with Crippen LogP contribution in [-0.2, 0) is 32.0 Å². The molecule has 0 radical (unpaired) electrons. The van der Waals surface area contributed by atoms with Crippen LogP contribution in [0.3, 0.4) is 0 Å². The van der Waals surface area contributed by atoms with Crippen molar-refractivity contribution in [2.24, 2.45) is 10.8 Å². The maximum Gasteiger partial charge on any atom is 0.408 e. The molecule has 13 nitrogen and oxygen atoms in total. The fraction of sp³-hybridized carbons (Fsp3) is 0.488. The van der Waals surface area contributed by atoms with Crippen molar-refractivity contribution >= 4 is 24.0 Å². The van der Waals surface area contributed by atoms with E-state index in [9.17, 15) is 24.3 Å². The number of hydrazine groups is 1. The first-order valence-electron chi connectivity index (χ1n) is 18.1. The molecule has 294 valence electrons. The summed E-state index contributed by atoms with van der Waals surface area (Å²) in [6.45, 7) is 16.1. The van der Waals surface area contributed by atoms with E-state index in [-0.39, 0.29) is 19.5 Å². The van der Waals surface area contributed by atoms with Crippen LogP contribution in [0.25, 0.3) is 11.3 Å². The molecule has 3 rings (SSSR count). The highest BCUT2D eigenvalue weighted by Crippen LogP contribution is 2.23. The number of benzene rings is 2. The van der Waals surface area contributed by atoms with Gasteiger partial charge in [0.05, 0.1) is 24.9 Å². The van der Waals surface area contributed by atoms with Gasteiger partial charge in [-0.1, -0.05) is 102 Å². The Morgan fingerprint density at radius 3 is 1.83 bits per heavy atom. The fourth-order valence-electron chi connectivity index (χ4n) is 5.63. The number of aliphatic hydroxyl groups excluding tert-OH is 1. The van der Waals surface area contributed by atoms with Crippen LogP contribution >= 0.6 is 0 Å². The van der Waals surface area contributed by atoms with E-state index in [1.807, 2.05) is 114 Å². The average Bonchev–Trinajstić information content (AvgIpc) is 3.08. The first-order valence-corrected chi connectivity index (χ1v) is 18.1. The second kappa shape index (κ2) is 18.8. The lowest BCUT2D eigenvalue weighted by molar-refractivity contribution is -0.132. The molecule has 0 aliphatic heterocycles. The number of alkyl carbamates (subject to hydrolysis) is 2. The molecule has 3 unspecified atom stereocenters. The molecule has 0 saturated heterocycles. The molecule has 0 aliphatic rings. The Hall–Kier alpha value is -5.01. The summed E-state index contributed by atoms with van der Waals surface area (Å²) in [5.74, 6) is -1.03. The Labute approximate surface area is 319 Å². The third-order valence-electron chi connectivity index (χ3n) is 8.42. The van der Waals surface area contributed by atoms with Crippen molar-refractivity contribution in [3.8, 4) is 11.3 Å². The Morgan fingerprint density at radius 2 is 1.30 bits per heavy atom. The lowest BCUT2D eigenvalue weighted by atomic mass is 9.85. The number of aliphatic hydroxyl groups is 1. The van der Waals surface area contributed by atoms with Crippen LogP contribution in [0.15, 0.2) is 79.0 Å². The molecule has 5 N–H and O–H groups in total. The zero-order valence-electron chi connectivity index (χ0n) is 33.2. The van der Waals surface area contributed by atoms with Gasteiger partial charge in [-0.15, -0.1) is 0 Å². The summed E-state index contributed by atoms with van der Waals surface area (Å²) in [6.07, 6.45) is -0.772. The molecule has 0 fully saturated rings. The van der Waals surface area contributed by atoms with Crippen molar-refractivity contribution in [3.63, 3.8) is 0 Å². The number of nitrogens with one attached hydrogen (secondary N) is 4. The van der Waals surface area contributed by atoms with Gasteiger partial charge in [-0.05, 0) is 61.3 Å². The number of hydrogen-bond donors (Lipinski definition) is 5. The number of carbonyl (C=O) groups excluding carboxylic acids is 4. The van der Waals surface area contributed by atoms with Gasteiger partial charge in [-0.2, -0.15) is 0 Å². The van der Waals surface area contributed by atoms with Gasteiger partial charge in [0.2, 0.25) is 5.91 Å². The van der Waals surface area contributed by atoms with Gasteiger partial charge in [0, 0.05) is 24.8 Å². The second-order valence-electron chi connectivity index (χ2n) is 16.5. The van der Waals surface area contributed by atoms with Gasteiger partial charge in [-0.3, -0.25) is 20.0 Å². The monoisotopic (exact) mass is 746 g/mol. The molecule has 4 amide bonds. The molecule has 3 aromatic rings. The van der Waals surface area contributed by atoms with Crippen LogP contribution in [0.1, 0.15) is 73.4 Å². The van der Waals surface area contributed by atoms with Gasteiger partial charge in [0.1, 0.15) is 17.7 Å². The second-order valence-corrected chi connectivity index (χ2v) is 16.5. The van der Waals surface area contributed by atoms with E-state index >= 15 is 0 Å². The maximum absolute atomic E-state index is 14.0. The van der Waals surface area contributed by atoms with Crippen LogP contribution in [-0.4, -0.2) is 82.6 Å². The largest absolute Gasteiger partial charge is 0.453 e. The number of hydrogen-bond acceptors (Lipinski definition) is 9. The minimum absolute atomic E-state index is 0.125. The Kier molecular flexibility index (Phi) is 15.1. The molecule has 0 spiro atoms. The summed E-state index contributed by atoms with van der Waals surface area (Å²) in [4.78, 5) is 57.4. The summed E-state index contributed by atoms with van der Waals surface area (Å²) in [5.41, 5.74) is 4.08. The summed E-state index contributed by atoms with van der Waals surface area (Å²) in [7, 11) is 1.22. The average molecular weight is 747 g/mol. The van der Waals surface area contributed by atoms with Crippen molar-refractivity contribution in [1.82, 2.24) is 31.4 Å². The highest BCUT2D eigenvalue weighted by molar-refractivity contribution is 5.87. The zero-order valence-corrected chi connectivity index (χ0v) is 33.2. The molecule has 13 heteroatoms. The number of rotatable bonds is 14. The van der Waals surface area contributed by atoms with Crippen LogP contribution in [0.5, 0.6) is 0 Å². The van der Waals surface area contributed by atoms with Gasteiger partial charge in [0.15, 0.2) is 0 Å². The van der Waals surface area contributed by atoms with Crippen LogP contribution in [0.2, 0.25) is 0 Å². The standard InChI is InChI=1S/C41H58N6O7/c1-39(2,3)33(45-38(52)54-41(7,8)9)35(49)43-31(24-27-16-12-11-13-17-27)32(48)26-47(46-36(50)34(40(4,5)6)44-37(51)53-10)25-28-19-21-29(22-20-28)30-18-14-15-23-42-30/h11-23,31-34,48H,24-26H2,1-10H3,(H,43,49)(H,44,51)(H,45,52)(H,46,50)/t31?,32-,33?,34?/m0/s1. The molecular formula is C41H58N6O7. The lowest BCUT2D eigenvalue weighted by Gasteiger charge is -2.36. The Bertz CT molecular complexity index is 1670. The van der Waals surface area contributed by atoms with Crippen LogP contribution < -0.4 is 21.4 Å². The maximum atomic E-state index is 14.0. The number of pyridine rings is 1. The van der Waals surface area contributed by atoms with E-state index in [1.54, 1.807) is 32.0 Å². The van der Waals surface area contributed by atoms with E-state index in [4.69, 9.17) is 9.47 Å². The van der Waals surface area contributed by atoms with E-state index < -0.39 is 64.7 Å². The SMILES string of the molecule is COC(=O)NC(C(=O)NN(Cc1ccc(-c2ccccn2)cc1)C[C@H](O)C(Cc1ccccc1)NC(=O)C(NC(=O)OC(C)(C)C)C(C)(C)C)C(C)(C)C. The van der Waals surface area contributed by atoms with Crippen LogP contribution in [0, 0.1) is 10.8 Å². The van der Waals surface area contributed by atoms with E-state index in [0.717, 1.165) is 22.4 Å². The topological polar surface area (TPSA) is 171 Å². The molecule has 0 bridgehead atoms. The number of aromatic nitrogens is 1. The number of carbonyl (C=O) groups is 4. The molecular weight excluding hydrogens is 688 g/mol. The molecule has 1 heterocycles. The number of nitrogens with zero attached hydrogens (tertiary/aromatic N) is 2. The molecule has 54 heavy (non-hydrogen) atoms. The summed E-state index contributed by atoms with van der Waals surface area (Å²) in [5, 5.41) is 21.8. The predicted molar refractivity (Wildman–Crippen MR) is 208 cm³/mol. The first-order chi connectivity index (χ1) is 25.2. The van der Waals surface area contributed by atoms with Gasteiger partial charge in [-0.25, -0.2) is 14.6 Å². The summed E-state index contributed by atoms with van der Waals surface area (Å²) >= 11 is 0. The van der Waals surface area contributed by atoms with Crippen LogP contribution in [0.4, 0.5) is 9.59 Å². The minimum Gasteiger partial charge on any atom is -0.453 e. The Balaban J connectivity index is 1.96. The molecule has 1 aromatic heterocycles. The van der Waals surface area contributed by atoms with E-state index in [1.165, 1.54) is 7.11 Å². The molecule has 0 saturated carbocycles. The quantitative estimate of drug-likeness (QED) is 0.136.